The fourth-order valence-corrected chi connectivity index (χ4v) is 1.87. The minimum Gasteiger partial charge on any atom is -0.496 e. The Morgan fingerprint density at radius 1 is 1.42 bits per heavy atom. The van der Waals surface area contributed by atoms with E-state index in [1.54, 1.807) is 32.4 Å². The second-order valence-corrected chi connectivity index (χ2v) is 4.31. The van der Waals surface area contributed by atoms with Gasteiger partial charge < -0.3 is 9.84 Å². The molecule has 0 aliphatic rings. The second-order valence-electron chi connectivity index (χ2n) is 4.31. The highest BCUT2D eigenvalue weighted by Crippen LogP contribution is 2.25. The van der Waals surface area contributed by atoms with Gasteiger partial charge in [-0.15, -0.1) is 0 Å². The summed E-state index contributed by atoms with van der Waals surface area (Å²) in [5.74, 6) is 0.593. The van der Waals surface area contributed by atoms with E-state index in [1.165, 1.54) is 10.7 Å². The number of nitrogens with zero attached hydrogens (tertiary/aromatic N) is 2. The molecule has 1 aromatic carbocycles. The smallest absolute Gasteiger partial charge is 0.267 e. The van der Waals surface area contributed by atoms with Crippen molar-refractivity contribution in [2.45, 2.75) is 19.6 Å². The van der Waals surface area contributed by atoms with Crippen molar-refractivity contribution in [3.63, 3.8) is 0 Å². The number of aliphatic hydroxyl groups excluding tert-OH is 1. The molecular weight excluding hydrogens is 244 g/mol. The van der Waals surface area contributed by atoms with Crippen LogP contribution in [0.5, 0.6) is 5.75 Å². The first-order chi connectivity index (χ1) is 9.11. The summed E-state index contributed by atoms with van der Waals surface area (Å²) in [6.07, 6.45) is 0.750. The molecule has 1 heterocycles. The molecule has 100 valence electrons. The first-order valence-electron chi connectivity index (χ1n) is 5.96. The van der Waals surface area contributed by atoms with Gasteiger partial charge in [0.2, 0.25) is 0 Å². The van der Waals surface area contributed by atoms with Crippen LogP contribution in [0.2, 0.25) is 0 Å². The van der Waals surface area contributed by atoms with Gasteiger partial charge in [0.1, 0.15) is 11.9 Å². The fraction of sp³-hybridized carbons (Fsp3) is 0.286. The maximum atomic E-state index is 11.7. The molecule has 1 aromatic heterocycles. The molecule has 19 heavy (non-hydrogen) atoms. The lowest BCUT2D eigenvalue weighted by atomic mass is 10.1. The van der Waals surface area contributed by atoms with Crippen LogP contribution in [-0.2, 0) is 6.54 Å². The van der Waals surface area contributed by atoms with Crippen molar-refractivity contribution < 1.29 is 9.84 Å². The normalized spacial score (nSPS) is 12.2. The van der Waals surface area contributed by atoms with Crippen molar-refractivity contribution in [3.8, 4) is 5.75 Å². The van der Waals surface area contributed by atoms with Gasteiger partial charge in [-0.3, -0.25) is 4.79 Å². The predicted molar refractivity (Wildman–Crippen MR) is 71.2 cm³/mol. The number of aromatic nitrogens is 2. The number of benzene rings is 1. The van der Waals surface area contributed by atoms with E-state index in [2.05, 4.69) is 5.10 Å². The molecule has 0 radical (unpaired) electrons. The summed E-state index contributed by atoms with van der Waals surface area (Å²) in [5, 5.41) is 14.2. The summed E-state index contributed by atoms with van der Waals surface area (Å²) in [6, 6.07) is 8.66. The maximum absolute atomic E-state index is 11.7. The molecule has 0 amide bonds. The van der Waals surface area contributed by atoms with Crippen LogP contribution in [0.25, 0.3) is 0 Å². The quantitative estimate of drug-likeness (QED) is 0.899. The fourth-order valence-electron chi connectivity index (χ4n) is 1.87. The lowest BCUT2D eigenvalue weighted by molar-refractivity contribution is 0.145. The van der Waals surface area contributed by atoms with Crippen molar-refractivity contribution in [2.24, 2.45) is 0 Å². The van der Waals surface area contributed by atoms with E-state index in [0.717, 1.165) is 5.56 Å². The number of rotatable bonds is 4. The Kier molecular flexibility index (Phi) is 3.97. The monoisotopic (exact) mass is 260 g/mol. The van der Waals surface area contributed by atoms with Gasteiger partial charge in [-0.05, 0) is 18.6 Å². The number of aliphatic hydroxyl groups is 1. The minimum absolute atomic E-state index is 0.0967. The Morgan fingerprint density at radius 3 is 2.84 bits per heavy atom. The van der Waals surface area contributed by atoms with Gasteiger partial charge in [-0.1, -0.05) is 18.2 Å². The third-order valence-electron chi connectivity index (χ3n) is 2.85. The van der Waals surface area contributed by atoms with Gasteiger partial charge in [-0.2, -0.15) is 5.10 Å². The lowest BCUT2D eigenvalue weighted by Crippen LogP contribution is -2.25. The van der Waals surface area contributed by atoms with Gasteiger partial charge in [0, 0.05) is 11.6 Å². The molecule has 1 atom stereocenters. The maximum Gasteiger partial charge on any atom is 0.267 e. The SMILES string of the molecule is COc1ccccc1C(O)Cn1ncc(C)cc1=O. The third-order valence-corrected chi connectivity index (χ3v) is 2.85. The number of ether oxygens (including phenoxy) is 1. The van der Waals surface area contributed by atoms with Gasteiger partial charge >= 0.3 is 0 Å². The highest BCUT2D eigenvalue weighted by Gasteiger charge is 2.14. The zero-order valence-corrected chi connectivity index (χ0v) is 10.9. The Bertz CT molecular complexity index is 622. The summed E-state index contributed by atoms with van der Waals surface area (Å²) in [5.41, 5.74) is 1.21. The van der Waals surface area contributed by atoms with E-state index in [4.69, 9.17) is 4.74 Å². The Labute approximate surface area is 111 Å². The molecule has 1 N–H and O–H groups in total. The molecule has 2 aromatic rings. The minimum atomic E-state index is -0.843. The summed E-state index contributed by atoms with van der Waals surface area (Å²) < 4.78 is 6.43. The van der Waals surface area contributed by atoms with E-state index >= 15 is 0 Å². The van der Waals surface area contributed by atoms with Crippen molar-refractivity contribution >= 4 is 0 Å². The molecule has 0 saturated carbocycles. The molecule has 0 bridgehead atoms. The summed E-state index contributed by atoms with van der Waals surface area (Å²) in [6.45, 7) is 1.90. The second kappa shape index (κ2) is 5.67. The molecule has 0 saturated heterocycles. The molecule has 2 rings (SSSR count). The van der Waals surface area contributed by atoms with Crippen LogP contribution in [0.1, 0.15) is 17.2 Å². The third kappa shape index (κ3) is 3.00. The Balaban J connectivity index is 2.25. The number of hydrogen-bond donors (Lipinski definition) is 1. The highest BCUT2D eigenvalue weighted by atomic mass is 16.5. The van der Waals surface area contributed by atoms with Crippen molar-refractivity contribution in [2.75, 3.05) is 7.11 Å². The van der Waals surface area contributed by atoms with E-state index in [0.29, 0.717) is 11.3 Å². The topological polar surface area (TPSA) is 64.3 Å². The van der Waals surface area contributed by atoms with Crippen LogP contribution in [0, 0.1) is 6.92 Å². The average Bonchev–Trinajstić information content (AvgIpc) is 2.41. The molecule has 0 fully saturated rings. The molecule has 5 nitrogen and oxygen atoms in total. The molecule has 5 heteroatoms. The van der Waals surface area contributed by atoms with Gasteiger partial charge in [0.05, 0.1) is 19.9 Å². The Hall–Kier alpha value is -2.14. The summed E-state index contributed by atoms with van der Waals surface area (Å²) in [7, 11) is 1.54. The van der Waals surface area contributed by atoms with E-state index in [9.17, 15) is 9.90 Å². The standard InChI is InChI=1S/C14H16N2O3/c1-10-7-14(18)16(15-8-10)9-12(17)11-5-3-4-6-13(11)19-2/h3-8,12,17H,9H2,1-2H3. The zero-order valence-electron chi connectivity index (χ0n) is 10.9. The van der Waals surface area contributed by atoms with E-state index in [-0.39, 0.29) is 12.1 Å². The zero-order chi connectivity index (χ0) is 13.8. The van der Waals surface area contributed by atoms with Crippen molar-refractivity contribution in [1.82, 2.24) is 9.78 Å². The van der Waals surface area contributed by atoms with E-state index in [1.807, 2.05) is 12.1 Å². The molecule has 0 aliphatic carbocycles. The van der Waals surface area contributed by atoms with Crippen LogP contribution in [0.3, 0.4) is 0 Å². The van der Waals surface area contributed by atoms with Crippen LogP contribution < -0.4 is 10.3 Å². The highest BCUT2D eigenvalue weighted by molar-refractivity contribution is 5.34. The number of methoxy groups -OCH3 is 1. The van der Waals surface area contributed by atoms with Crippen LogP contribution in [-0.4, -0.2) is 22.0 Å². The Morgan fingerprint density at radius 2 is 2.16 bits per heavy atom. The van der Waals surface area contributed by atoms with Crippen LogP contribution >= 0.6 is 0 Å². The first-order valence-corrected chi connectivity index (χ1v) is 5.96. The first kappa shape index (κ1) is 13.3. The number of para-hydroxylation sites is 1. The average molecular weight is 260 g/mol. The number of aryl methyl sites for hydroxylation is 1. The summed E-state index contributed by atoms with van der Waals surface area (Å²) >= 11 is 0. The molecule has 1 unspecified atom stereocenters. The van der Waals surface area contributed by atoms with E-state index < -0.39 is 6.10 Å². The van der Waals surface area contributed by atoms with Crippen LogP contribution in [0.4, 0.5) is 0 Å². The number of hydrogen-bond acceptors (Lipinski definition) is 4. The predicted octanol–water partition coefficient (Wildman–Crippen LogP) is 1.29. The van der Waals surface area contributed by atoms with Crippen LogP contribution in [0.15, 0.2) is 41.3 Å². The molecule has 0 spiro atoms. The van der Waals surface area contributed by atoms with Gasteiger partial charge in [0.25, 0.3) is 5.56 Å². The largest absolute Gasteiger partial charge is 0.496 e. The van der Waals surface area contributed by atoms with Crippen molar-refractivity contribution in [1.29, 1.82) is 0 Å². The lowest BCUT2D eigenvalue weighted by Gasteiger charge is -2.15. The molecule has 0 aliphatic heterocycles. The molecular formula is C14H16N2O3. The van der Waals surface area contributed by atoms with Gasteiger partial charge in [0.15, 0.2) is 0 Å². The van der Waals surface area contributed by atoms with Crippen molar-refractivity contribution in [3.05, 3.63) is 58.0 Å². The summed E-state index contributed by atoms with van der Waals surface area (Å²) in [4.78, 5) is 11.7. The van der Waals surface area contributed by atoms with Gasteiger partial charge in [-0.25, -0.2) is 4.68 Å².